The third kappa shape index (κ3) is 2.40. The summed E-state index contributed by atoms with van der Waals surface area (Å²) in [6.45, 7) is 4.28. The maximum atomic E-state index is 6.15. The molecular weight excluding hydrogens is 186 g/mol. The summed E-state index contributed by atoms with van der Waals surface area (Å²) in [7, 11) is 0. The van der Waals surface area contributed by atoms with E-state index in [1.54, 1.807) is 0 Å². The molecule has 0 radical (unpaired) electrons. The number of nitrogens with zero attached hydrogens (tertiary/aromatic N) is 2. The normalized spacial score (nSPS) is 19.2. The van der Waals surface area contributed by atoms with Crippen LogP contribution < -0.4 is 5.73 Å². The monoisotopic (exact) mass is 207 g/mol. The van der Waals surface area contributed by atoms with Crippen LogP contribution in [0.25, 0.3) is 0 Å². The van der Waals surface area contributed by atoms with Crippen LogP contribution in [0.3, 0.4) is 0 Å². The van der Waals surface area contributed by atoms with E-state index in [1.165, 1.54) is 19.3 Å². The number of hydrogen-bond donors (Lipinski definition) is 1. The average molecular weight is 207 g/mol. The number of aromatic nitrogens is 2. The van der Waals surface area contributed by atoms with Crippen molar-refractivity contribution < 1.29 is 0 Å². The molecule has 1 aliphatic rings. The van der Waals surface area contributed by atoms with Crippen molar-refractivity contribution in [3.05, 3.63) is 18.0 Å². The second-order valence-electron chi connectivity index (χ2n) is 4.94. The van der Waals surface area contributed by atoms with Crippen LogP contribution in [0.1, 0.15) is 44.8 Å². The highest BCUT2D eigenvalue weighted by Gasteiger charge is 2.24. The van der Waals surface area contributed by atoms with Crippen molar-refractivity contribution in [3.63, 3.8) is 0 Å². The Kier molecular flexibility index (Phi) is 3.10. The Balaban J connectivity index is 1.91. The van der Waals surface area contributed by atoms with Gasteiger partial charge in [0.1, 0.15) is 0 Å². The van der Waals surface area contributed by atoms with Crippen molar-refractivity contribution in [2.45, 2.75) is 51.6 Å². The molecule has 0 aliphatic heterocycles. The van der Waals surface area contributed by atoms with Crippen molar-refractivity contribution in [1.29, 1.82) is 0 Å². The van der Waals surface area contributed by atoms with Gasteiger partial charge in [-0.1, -0.05) is 6.42 Å². The Morgan fingerprint density at radius 1 is 1.53 bits per heavy atom. The van der Waals surface area contributed by atoms with Crippen LogP contribution in [-0.2, 0) is 6.42 Å². The molecule has 3 nitrogen and oxygen atoms in total. The molecule has 1 atom stereocenters. The summed E-state index contributed by atoms with van der Waals surface area (Å²) in [6.07, 6.45) is 6.97. The molecule has 84 valence electrons. The molecule has 0 spiro atoms. The van der Waals surface area contributed by atoms with E-state index < -0.39 is 0 Å². The van der Waals surface area contributed by atoms with E-state index >= 15 is 0 Å². The van der Waals surface area contributed by atoms with Crippen LogP contribution in [-0.4, -0.2) is 15.8 Å². The molecule has 1 heterocycles. The van der Waals surface area contributed by atoms with Gasteiger partial charge in [-0.25, -0.2) is 0 Å². The zero-order chi connectivity index (χ0) is 10.8. The van der Waals surface area contributed by atoms with Crippen molar-refractivity contribution in [3.8, 4) is 0 Å². The summed E-state index contributed by atoms with van der Waals surface area (Å²) >= 11 is 0. The van der Waals surface area contributed by atoms with Gasteiger partial charge in [-0.05, 0) is 38.7 Å². The van der Waals surface area contributed by atoms with Gasteiger partial charge < -0.3 is 5.73 Å². The van der Waals surface area contributed by atoms with Crippen molar-refractivity contribution in [1.82, 2.24) is 9.78 Å². The van der Waals surface area contributed by atoms with E-state index in [2.05, 4.69) is 25.0 Å². The third-order valence-electron chi connectivity index (χ3n) is 3.39. The van der Waals surface area contributed by atoms with Gasteiger partial charge in [-0.15, -0.1) is 0 Å². The fourth-order valence-corrected chi connectivity index (χ4v) is 2.05. The molecule has 2 rings (SSSR count). The van der Waals surface area contributed by atoms with Gasteiger partial charge in [-0.2, -0.15) is 5.10 Å². The lowest BCUT2D eigenvalue weighted by Crippen LogP contribution is -2.36. The minimum Gasteiger partial charge on any atom is -0.327 e. The van der Waals surface area contributed by atoms with Crippen molar-refractivity contribution >= 4 is 0 Å². The highest BCUT2D eigenvalue weighted by atomic mass is 15.3. The Hall–Kier alpha value is -0.830. The van der Waals surface area contributed by atoms with Crippen LogP contribution in [0.4, 0.5) is 0 Å². The maximum absolute atomic E-state index is 6.15. The molecule has 0 aromatic carbocycles. The van der Waals surface area contributed by atoms with E-state index in [0.717, 1.165) is 18.0 Å². The number of rotatable bonds is 4. The predicted octanol–water partition coefficient (Wildman–Crippen LogP) is 2.13. The van der Waals surface area contributed by atoms with Crippen LogP contribution in [0, 0.1) is 5.92 Å². The SMILES string of the molecule is CC(C)n1ccc(CC(N)C2CCC2)n1. The van der Waals surface area contributed by atoms with Crippen molar-refractivity contribution in [2.75, 3.05) is 0 Å². The Morgan fingerprint density at radius 2 is 2.27 bits per heavy atom. The van der Waals surface area contributed by atoms with Crippen LogP contribution in [0.5, 0.6) is 0 Å². The first kappa shape index (κ1) is 10.7. The fraction of sp³-hybridized carbons (Fsp3) is 0.750. The van der Waals surface area contributed by atoms with E-state index in [0.29, 0.717) is 12.1 Å². The molecule has 0 saturated heterocycles. The standard InChI is InChI=1S/C12H21N3/c1-9(2)15-7-6-11(14-15)8-12(13)10-4-3-5-10/h6-7,9-10,12H,3-5,8,13H2,1-2H3. The molecule has 1 saturated carbocycles. The largest absolute Gasteiger partial charge is 0.327 e. The highest BCUT2D eigenvalue weighted by molar-refractivity contribution is 5.03. The molecule has 1 unspecified atom stereocenters. The Bertz CT molecular complexity index is 312. The van der Waals surface area contributed by atoms with Crippen LogP contribution in [0.2, 0.25) is 0 Å². The van der Waals surface area contributed by atoms with Gasteiger partial charge in [0.2, 0.25) is 0 Å². The predicted molar refractivity (Wildman–Crippen MR) is 61.6 cm³/mol. The lowest BCUT2D eigenvalue weighted by Gasteiger charge is -2.30. The molecular formula is C12H21N3. The highest BCUT2D eigenvalue weighted by Crippen LogP contribution is 2.29. The van der Waals surface area contributed by atoms with Crippen molar-refractivity contribution in [2.24, 2.45) is 11.7 Å². The van der Waals surface area contributed by atoms with Crippen LogP contribution in [0.15, 0.2) is 12.3 Å². The second kappa shape index (κ2) is 4.35. The average Bonchev–Trinajstić information content (AvgIpc) is 2.48. The Labute approximate surface area is 91.7 Å². The minimum atomic E-state index is 0.314. The van der Waals surface area contributed by atoms with Gasteiger partial charge in [0.15, 0.2) is 0 Å². The quantitative estimate of drug-likeness (QED) is 0.822. The van der Waals surface area contributed by atoms with Gasteiger partial charge in [0.25, 0.3) is 0 Å². The molecule has 0 amide bonds. The lowest BCUT2D eigenvalue weighted by molar-refractivity contribution is 0.259. The van der Waals surface area contributed by atoms with E-state index in [9.17, 15) is 0 Å². The molecule has 15 heavy (non-hydrogen) atoms. The van der Waals surface area contributed by atoms with Gasteiger partial charge in [0.05, 0.1) is 5.69 Å². The van der Waals surface area contributed by atoms with Gasteiger partial charge >= 0.3 is 0 Å². The molecule has 1 aromatic heterocycles. The summed E-state index contributed by atoms with van der Waals surface area (Å²) in [6, 6.07) is 2.85. The molecule has 2 N–H and O–H groups in total. The van der Waals surface area contributed by atoms with E-state index in [1.807, 2.05) is 10.9 Å². The Morgan fingerprint density at radius 3 is 2.73 bits per heavy atom. The molecule has 1 aliphatic carbocycles. The molecule has 3 heteroatoms. The maximum Gasteiger partial charge on any atom is 0.0640 e. The van der Waals surface area contributed by atoms with E-state index in [-0.39, 0.29) is 0 Å². The summed E-state index contributed by atoms with van der Waals surface area (Å²) in [5, 5.41) is 4.53. The summed E-state index contributed by atoms with van der Waals surface area (Å²) < 4.78 is 2.00. The molecule has 0 bridgehead atoms. The zero-order valence-corrected chi connectivity index (χ0v) is 9.69. The number of nitrogens with two attached hydrogens (primary N) is 1. The first-order valence-corrected chi connectivity index (χ1v) is 5.96. The first-order valence-electron chi connectivity index (χ1n) is 5.96. The topological polar surface area (TPSA) is 43.8 Å². The number of hydrogen-bond acceptors (Lipinski definition) is 2. The smallest absolute Gasteiger partial charge is 0.0640 e. The van der Waals surface area contributed by atoms with Gasteiger partial charge in [-0.3, -0.25) is 4.68 Å². The van der Waals surface area contributed by atoms with E-state index in [4.69, 9.17) is 5.73 Å². The van der Waals surface area contributed by atoms with Gasteiger partial charge in [0, 0.05) is 24.7 Å². The van der Waals surface area contributed by atoms with Crippen LogP contribution >= 0.6 is 0 Å². The summed E-state index contributed by atoms with van der Waals surface area (Å²) in [5.41, 5.74) is 7.29. The first-order chi connectivity index (χ1) is 7.16. The third-order valence-corrected chi connectivity index (χ3v) is 3.39. The molecule has 1 fully saturated rings. The fourth-order valence-electron chi connectivity index (χ4n) is 2.05. The summed E-state index contributed by atoms with van der Waals surface area (Å²) in [5.74, 6) is 0.745. The lowest BCUT2D eigenvalue weighted by atomic mass is 9.78. The minimum absolute atomic E-state index is 0.314. The zero-order valence-electron chi connectivity index (χ0n) is 9.69. The second-order valence-corrected chi connectivity index (χ2v) is 4.94. The molecule has 1 aromatic rings. The summed E-state index contributed by atoms with van der Waals surface area (Å²) in [4.78, 5) is 0.